The quantitative estimate of drug-likeness (QED) is 0.940. The van der Waals surface area contributed by atoms with Crippen molar-refractivity contribution in [2.24, 2.45) is 5.73 Å². The van der Waals surface area contributed by atoms with Gasteiger partial charge in [0.25, 0.3) is 0 Å². The fraction of sp³-hybridized carbons (Fsp3) is 0.235. The first kappa shape index (κ1) is 13.6. The van der Waals surface area contributed by atoms with Crippen LogP contribution in [0.25, 0.3) is 0 Å². The van der Waals surface area contributed by atoms with Crippen molar-refractivity contribution in [3.05, 3.63) is 64.5 Å². The number of rotatable bonds is 3. The lowest BCUT2D eigenvalue weighted by Crippen LogP contribution is -2.05. The highest BCUT2D eigenvalue weighted by molar-refractivity contribution is 5.45. The van der Waals surface area contributed by atoms with Crippen molar-refractivity contribution >= 4 is 0 Å². The first-order valence-electron chi connectivity index (χ1n) is 6.87. The highest BCUT2D eigenvalue weighted by Crippen LogP contribution is 2.35. The Bertz CT molecular complexity index is 721. The van der Waals surface area contributed by atoms with Gasteiger partial charge in [-0.25, -0.2) is 4.39 Å². The van der Waals surface area contributed by atoms with Gasteiger partial charge in [-0.1, -0.05) is 18.2 Å². The van der Waals surface area contributed by atoms with E-state index in [1.165, 1.54) is 6.07 Å². The molecule has 3 nitrogen and oxygen atoms in total. The van der Waals surface area contributed by atoms with Crippen molar-refractivity contribution in [2.45, 2.75) is 25.5 Å². The molecule has 1 atom stereocenters. The number of hydrogen-bond donors (Lipinski definition) is 1. The van der Waals surface area contributed by atoms with Crippen LogP contribution in [0.5, 0.6) is 5.75 Å². The molecule has 2 aromatic rings. The summed E-state index contributed by atoms with van der Waals surface area (Å²) in [6, 6.07) is 12.2. The van der Waals surface area contributed by atoms with Crippen molar-refractivity contribution in [3.63, 3.8) is 0 Å². The van der Waals surface area contributed by atoms with E-state index in [0.29, 0.717) is 11.1 Å². The largest absolute Gasteiger partial charge is 0.489 e. The second-order valence-electron chi connectivity index (χ2n) is 5.18. The van der Waals surface area contributed by atoms with E-state index in [9.17, 15) is 4.39 Å². The summed E-state index contributed by atoms with van der Waals surface area (Å²) in [7, 11) is 0. The highest BCUT2D eigenvalue weighted by Gasteiger charge is 2.22. The van der Waals surface area contributed by atoms with Gasteiger partial charge in [-0.2, -0.15) is 5.26 Å². The third kappa shape index (κ3) is 2.61. The normalized spacial score (nSPS) is 16.3. The average molecular weight is 282 g/mol. The zero-order valence-corrected chi connectivity index (χ0v) is 11.5. The molecule has 0 amide bonds. The first-order valence-corrected chi connectivity index (χ1v) is 6.87. The number of nitriles is 1. The minimum absolute atomic E-state index is 0.0650. The van der Waals surface area contributed by atoms with Crippen LogP contribution in [0.4, 0.5) is 4.39 Å². The Morgan fingerprint density at radius 1 is 1.33 bits per heavy atom. The molecule has 1 unspecified atom stereocenters. The fourth-order valence-corrected chi connectivity index (χ4v) is 2.68. The Kier molecular flexibility index (Phi) is 3.59. The van der Waals surface area contributed by atoms with Crippen LogP contribution in [0, 0.1) is 17.1 Å². The molecule has 0 bridgehead atoms. The third-order valence-corrected chi connectivity index (χ3v) is 3.84. The van der Waals surface area contributed by atoms with Crippen LogP contribution in [0.1, 0.15) is 34.7 Å². The van der Waals surface area contributed by atoms with E-state index in [1.807, 2.05) is 24.3 Å². The van der Waals surface area contributed by atoms with Gasteiger partial charge in [-0.15, -0.1) is 0 Å². The Hall–Kier alpha value is -2.38. The predicted octanol–water partition coefficient (Wildman–Crippen LogP) is 3.22. The maximum atomic E-state index is 13.8. The number of nitrogens with two attached hydrogens (primary N) is 1. The summed E-state index contributed by atoms with van der Waals surface area (Å²) in [5.41, 5.74) is 9.02. The summed E-state index contributed by atoms with van der Waals surface area (Å²) in [5, 5.41) is 8.73. The number of hydrogen-bond acceptors (Lipinski definition) is 3. The molecule has 0 spiro atoms. The maximum Gasteiger partial charge on any atom is 0.131 e. The third-order valence-electron chi connectivity index (χ3n) is 3.84. The molecule has 2 aromatic carbocycles. The van der Waals surface area contributed by atoms with E-state index in [-0.39, 0.29) is 12.6 Å². The predicted molar refractivity (Wildman–Crippen MR) is 77.1 cm³/mol. The lowest BCUT2D eigenvalue weighted by atomic mass is 10.1. The molecule has 0 fully saturated rings. The van der Waals surface area contributed by atoms with Crippen molar-refractivity contribution in [2.75, 3.05) is 0 Å². The van der Waals surface area contributed by atoms with Crippen molar-refractivity contribution in [1.82, 2.24) is 0 Å². The van der Waals surface area contributed by atoms with Crippen molar-refractivity contribution in [3.8, 4) is 11.8 Å². The number of halogens is 1. The monoisotopic (exact) mass is 282 g/mol. The van der Waals surface area contributed by atoms with Crippen molar-refractivity contribution < 1.29 is 9.13 Å². The number of ether oxygens (including phenoxy) is 1. The second kappa shape index (κ2) is 5.55. The molecular formula is C17H15FN2O. The molecule has 0 saturated carbocycles. The van der Waals surface area contributed by atoms with Crippen molar-refractivity contribution in [1.29, 1.82) is 5.26 Å². The van der Waals surface area contributed by atoms with E-state index in [2.05, 4.69) is 0 Å². The lowest BCUT2D eigenvalue weighted by molar-refractivity contribution is 0.297. The van der Waals surface area contributed by atoms with Gasteiger partial charge < -0.3 is 10.5 Å². The van der Waals surface area contributed by atoms with Gasteiger partial charge in [-0.3, -0.25) is 0 Å². The van der Waals surface area contributed by atoms with Gasteiger partial charge in [0.2, 0.25) is 0 Å². The van der Waals surface area contributed by atoms with Crippen LogP contribution in [0.3, 0.4) is 0 Å². The Labute approximate surface area is 122 Å². The molecule has 1 aliphatic rings. The maximum absolute atomic E-state index is 13.8. The van der Waals surface area contributed by atoms with Gasteiger partial charge in [0.15, 0.2) is 0 Å². The van der Waals surface area contributed by atoms with Crippen LogP contribution >= 0.6 is 0 Å². The number of benzene rings is 2. The molecule has 21 heavy (non-hydrogen) atoms. The molecule has 1 aliphatic carbocycles. The van der Waals surface area contributed by atoms with E-state index in [4.69, 9.17) is 15.7 Å². The summed E-state index contributed by atoms with van der Waals surface area (Å²) in [6.45, 7) is 0.142. The second-order valence-corrected chi connectivity index (χ2v) is 5.18. The Morgan fingerprint density at radius 2 is 2.19 bits per heavy atom. The smallest absolute Gasteiger partial charge is 0.131 e. The molecule has 0 saturated heterocycles. The molecule has 0 aliphatic heterocycles. The highest BCUT2D eigenvalue weighted by atomic mass is 19.1. The van der Waals surface area contributed by atoms with Gasteiger partial charge in [0.1, 0.15) is 18.2 Å². The molecule has 0 radical (unpaired) electrons. The zero-order chi connectivity index (χ0) is 14.8. The summed E-state index contributed by atoms with van der Waals surface area (Å²) in [4.78, 5) is 0. The number of nitrogens with zero attached hydrogens (tertiary/aromatic N) is 1. The molecule has 0 heterocycles. The molecule has 0 aromatic heterocycles. The first-order chi connectivity index (χ1) is 10.2. The molecule has 3 rings (SSSR count). The summed E-state index contributed by atoms with van der Waals surface area (Å²) in [6.07, 6.45) is 1.81. The Morgan fingerprint density at radius 3 is 2.95 bits per heavy atom. The molecular weight excluding hydrogens is 267 g/mol. The summed E-state index contributed by atoms with van der Waals surface area (Å²) < 4.78 is 19.6. The lowest BCUT2D eigenvalue weighted by Gasteiger charge is -2.12. The van der Waals surface area contributed by atoms with Crippen LogP contribution in [-0.4, -0.2) is 0 Å². The zero-order valence-electron chi connectivity index (χ0n) is 11.5. The minimum atomic E-state index is -0.418. The minimum Gasteiger partial charge on any atom is -0.489 e. The van der Waals surface area contributed by atoms with E-state index >= 15 is 0 Å². The van der Waals surface area contributed by atoms with Crippen LogP contribution < -0.4 is 10.5 Å². The summed E-state index contributed by atoms with van der Waals surface area (Å²) in [5.74, 6) is 0.350. The summed E-state index contributed by atoms with van der Waals surface area (Å²) >= 11 is 0. The molecule has 4 heteroatoms. The van der Waals surface area contributed by atoms with Gasteiger partial charge >= 0.3 is 0 Å². The van der Waals surface area contributed by atoms with Gasteiger partial charge in [0.05, 0.1) is 11.6 Å². The van der Waals surface area contributed by atoms with E-state index in [0.717, 1.165) is 29.7 Å². The number of fused-ring (bicyclic) bond motifs is 1. The average Bonchev–Trinajstić information content (AvgIpc) is 2.88. The fourth-order valence-electron chi connectivity index (χ4n) is 2.68. The Balaban J connectivity index is 1.79. The topological polar surface area (TPSA) is 59.0 Å². The van der Waals surface area contributed by atoms with Crippen LogP contribution in [0.15, 0.2) is 36.4 Å². The van der Waals surface area contributed by atoms with Gasteiger partial charge in [-0.05, 0) is 42.2 Å². The van der Waals surface area contributed by atoms with E-state index < -0.39 is 5.82 Å². The molecule has 106 valence electrons. The van der Waals surface area contributed by atoms with Crippen LogP contribution in [-0.2, 0) is 13.0 Å². The SMILES string of the molecule is N#Cc1ccc(COc2cccc3c2CCC3N)c(F)c1. The molecule has 2 N–H and O–H groups in total. The van der Waals surface area contributed by atoms with Gasteiger partial charge in [0, 0.05) is 11.6 Å². The van der Waals surface area contributed by atoms with E-state index in [1.54, 1.807) is 12.1 Å². The van der Waals surface area contributed by atoms with Crippen LogP contribution in [0.2, 0.25) is 0 Å². The standard InChI is InChI=1S/C17H15FN2O/c18-15-8-11(9-19)4-5-12(15)10-21-17-3-1-2-13-14(17)6-7-16(13)20/h1-5,8,16H,6-7,10,20H2.